The van der Waals surface area contributed by atoms with Gasteiger partial charge in [-0.2, -0.15) is 12.6 Å². The maximum atomic E-state index is 5.84. The van der Waals surface area contributed by atoms with Crippen LogP contribution in [0, 0.1) is 0 Å². The van der Waals surface area contributed by atoms with Crippen molar-refractivity contribution < 1.29 is 21.5 Å². The monoisotopic (exact) mass is 282 g/mol. The van der Waals surface area contributed by atoms with Crippen molar-refractivity contribution in [3.8, 4) is 0 Å². The van der Waals surface area contributed by atoms with Crippen molar-refractivity contribution in [2.45, 2.75) is 32.1 Å². The van der Waals surface area contributed by atoms with Crippen LogP contribution in [-0.2, 0) is 0 Å². The van der Waals surface area contributed by atoms with Gasteiger partial charge in [0.25, 0.3) is 0 Å². The number of quaternary nitrogens is 1. The summed E-state index contributed by atoms with van der Waals surface area (Å²) >= 11 is 4.22. The first-order valence-electron chi connectivity index (χ1n) is 5.49. The summed E-state index contributed by atoms with van der Waals surface area (Å²) in [6, 6.07) is 0. The normalized spacial score (nSPS) is 19.3. The number of nitrogens with zero attached hydrogens (tertiary/aromatic N) is 1. The molecule has 0 spiro atoms. The number of nitrogens with two attached hydrogens (primary N) is 1. The molecular formula is C10H23BrN2S. The molecule has 0 amide bonds. The van der Waals surface area contributed by atoms with Crippen molar-refractivity contribution in [3.05, 3.63) is 0 Å². The van der Waals surface area contributed by atoms with Crippen molar-refractivity contribution in [2.75, 3.05) is 32.1 Å². The lowest BCUT2D eigenvalue weighted by molar-refractivity contribution is -0.916. The van der Waals surface area contributed by atoms with Crippen LogP contribution < -0.4 is 22.7 Å². The van der Waals surface area contributed by atoms with Crippen LogP contribution >= 0.6 is 12.6 Å². The molecule has 0 aromatic rings. The van der Waals surface area contributed by atoms with Crippen LogP contribution in [0.2, 0.25) is 0 Å². The van der Waals surface area contributed by atoms with E-state index in [9.17, 15) is 0 Å². The average molecular weight is 283 g/mol. The van der Waals surface area contributed by atoms with Crippen molar-refractivity contribution in [2.24, 2.45) is 5.73 Å². The third-order valence-corrected chi connectivity index (χ3v) is 3.51. The van der Waals surface area contributed by atoms with Gasteiger partial charge in [0, 0.05) is 12.8 Å². The van der Waals surface area contributed by atoms with Gasteiger partial charge in [0.15, 0.2) is 0 Å². The van der Waals surface area contributed by atoms with Gasteiger partial charge in [-0.25, -0.2) is 0 Å². The van der Waals surface area contributed by atoms with E-state index in [0.717, 1.165) is 12.4 Å². The first-order chi connectivity index (χ1) is 6.33. The van der Waals surface area contributed by atoms with E-state index in [1.165, 1.54) is 56.2 Å². The Morgan fingerprint density at radius 1 is 1.07 bits per heavy atom. The zero-order valence-corrected chi connectivity index (χ0v) is 11.4. The summed E-state index contributed by atoms with van der Waals surface area (Å²) in [6.07, 6.45) is 6.67. The minimum Gasteiger partial charge on any atom is -1.00 e. The van der Waals surface area contributed by atoms with Crippen LogP contribution in [-0.4, -0.2) is 36.5 Å². The molecular weight excluding hydrogens is 260 g/mol. The standard InChI is InChI=1S/C10H22N2S.BrH/c11-10-12(7-3-4-8-12)6-2-1-5-9-13;/h1-11H2;1H. The Kier molecular flexibility index (Phi) is 8.39. The van der Waals surface area contributed by atoms with Gasteiger partial charge in [-0.15, -0.1) is 0 Å². The second-order valence-electron chi connectivity index (χ2n) is 4.19. The second kappa shape index (κ2) is 7.97. The number of hydrogen-bond donors (Lipinski definition) is 2. The summed E-state index contributed by atoms with van der Waals surface area (Å²) in [7, 11) is 0. The maximum absolute atomic E-state index is 5.84. The summed E-state index contributed by atoms with van der Waals surface area (Å²) in [5.74, 6) is 1.03. The van der Waals surface area contributed by atoms with Crippen molar-refractivity contribution in [1.29, 1.82) is 0 Å². The van der Waals surface area contributed by atoms with E-state index in [4.69, 9.17) is 5.73 Å². The van der Waals surface area contributed by atoms with Crippen LogP contribution in [0.5, 0.6) is 0 Å². The van der Waals surface area contributed by atoms with E-state index < -0.39 is 0 Å². The molecule has 4 heteroatoms. The van der Waals surface area contributed by atoms with Gasteiger partial charge >= 0.3 is 0 Å². The Morgan fingerprint density at radius 3 is 2.21 bits per heavy atom. The van der Waals surface area contributed by atoms with Gasteiger partial charge in [0.2, 0.25) is 0 Å². The Hall–Kier alpha value is 0.750. The fourth-order valence-corrected chi connectivity index (χ4v) is 2.46. The van der Waals surface area contributed by atoms with Crippen LogP contribution in [0.3, 0.4) is 0 Å². The smallest absolute Gasteiger partial charge is 0.130 e. The lowest BCUT2D eigenvalue weighted by Crippen LogP contribution is -3.00. The quantitative estimate of drug-likeness (QED) is 0.351. The number of unbranched alkanes of at least 4 members (excludes halogenated alkanes) is 2. The predicted octanol–water partition coefficient (Wildman–Crippen LogP) is -1.38. The Bertz CT molecular complexity index is 138. The van der Waals surface area contributed by atoms with Crippen LogP contribution in [0.4, 0.5) is 0 Å². The van der Waals surface area contributed by atoms with E-state index in [0.29, 0.717) is 0 Å². The third kappa shape index (κ3) is 4.51. The van der Waals surface area contributed by atoms with Crippen LogP contribution in [0.15, 0.2) is 0 Å². The lowest BCUT2D eigenvalue weighted by atomic mass is 10.2. The maximum Gasteiger partial charge on any atom is 0.130 e. The third-order valence-electron chi connectivity index (χ3n) is 3.19. The highest BCUT2D eigenvalue weighted by atomic mass is 79.9. The molecule has 0 bridgehead atoms. The molecule has 2 nitrogen and oxygen atoms in total. The van der Waals surface area contributed by atoms with Gasteiger partial charge in [-0.1, -0.05) is 0 Å². The molecule has 0 saturated carbocycles. The molecule has 2 N–H and O–H groups in total. The zero-order valence-electron chi connectivity index (χ0n) is 8.92. The summed E-state index contributed by atoms with van der Waals surface area (Å²) in [5, 5.41) is 0. The predicted molar refractivity (Wildman–Crippen MR) is 60.9 cm³/mol. The highest BCUT2D eigenvalue weighted by Gasteiger charge is 2.29. The van der Waals surface area contributed by atoms with E-state index >= 15 is 0 Å². The van der Waals surface area contributed by atoms with E-state index in [-0.39, 0.29) is 17.0 Å². The zero-order chi connectivity index (χ0) is 9.57. The van der Waals surface area contributed by atoms with Gasteiger partial charge in [-0.3, -0.25) is 5.73 Å². The van der Waals surface area contributed by atoms with Gasteiger partial charge in [-0.05, 0) is 25.0 Å². The summed E-state index contributed by atoms with van der Waals surface area (Å²) < 4.78 is 1.19. The van der Waals surface area contributed by atoms with E-state index in [2.05, 4.69) is 12.6 Å². The molecule has 86 valence electrons. The number of likely N-dealkylation sites (tertiary alicyclic amines) is 1. The molecule has 0 aliphatic carbocycles. The van der Waals surface area contributed by atoms with Crippen LogP contribution in [0.25, 0.3) is 0 Å². The average Bonchev–Trinajstić information content (AvgIpc) is 2.62. The van der Waals surface area contributed by atoms with Crippen molar-refractivity contribution >= 4 is 12.6 Å². The second-order valence-corrected chi connectivity index (χ2v) is 4.63. The summed E-state index contributed by atoms with van der Waals surface area (Å²) in [4.78, 5) is 0. The molecule has 14 heavy (non-hydrogen) atoms. The van der Waals surface area contributed by atoms with Crippen molar-refractivity contribution in [3.63, 3.8) is 0 Å². The molecule has 1 rings (SSSR count). The highest BCUT2D eigenvalue weighted by Crippen LogP contribution is 2.19. The SMILES string of the molecule is NC[N+]1(CCCCCS)CCCC1.[Br-]. The first-order valence-corrected chi connectivity index (χ1v) is 6.12. The fraction of sp³-hybridized carbons (Fsp3) is 1.00. The van der Waals surface area contributed by atoms with E-state index in [1.807, 2.05) is 0 Å². The summed E-state index contributed by atoms with van der Waals surface area (Å²) in [5.41, 5.74) is 5.84. The molecule has 0 atom stereocenters. The molecule has 0 aromatic carbocycles. The molecule has 1 heterocycles. The first kappa shape index (κ1) is 14.8. The topological polar surface area (TPSA) is 26.0 Å². The minimum atomic E-state index is 0. The van der Waals surface area contributed by atoms with Crippen molar-refractivity contribution in [1.82, 2.24) is 0 Å². The molecule has 1 saturated heterocycles. The molecule has 0 aromatic heterocycles. The molecule has 0 radical (unpaired) electrons. The number of thiol groups is 1. The Balaban J connectivity index is 0.00000169. The van der Waals surface area contributed by atoms with Gasteiger partial charge < -0.3 is 21.5 Å². The van der Waals surface area contributed by atoms with Crippen LogP contribution in [0.1, 0.15) is 32.1 Å². The molecule has 1 fully saturated rings. The van der Waals surface area contributed by atoms with E-state index in [1.54, 1.807) is 0 Å². The highest BCUT2D eigenvalue weighted by molar-refractivity contribution is 7.80. The fourth-order valence-electron chi connectivity index (χ4n) is 2.24. The Labute approximate surface area is 104 Å². The molecule has 1 aliphatic rings. The largest absolute Gasteiger partial charge is 1.00 e. The number of rotatable bonds is 6. The molecule has 1 aliphatic heterocycles. The minimum absolute atomic E-state index is 0. The lowest BCUT2D eigenvalue weighted by Gasteiger charge is -2.32. The molecule has 0 unspecified atom stereocenters. The number of hydrogen-bond acceptors (Lipinski definition) is 2. The summed E-state index contributed by atoms with van der Waals surface area (Å²) in [6.45, 7) is 4.78. The number of halogens is 1. The van der Waals surface area contributed by atoms with Gasteiger partial charge in [0.1, 0.15) is 6.67 Å². The Morgan fingerprint density at radius 2 is 1.71 bits per heavy atom. The van der Waals surface area contributed by atoms with Gasteiger partial charge in [0.05, 0.1) is 19.6 Å².